The van der Waals surface area contributed by atoms with Crippen LogP contribution in [-0.4, -0.2) is 67.1 Å². The van der Waals surface area contributed by atoms with Crippen molar-refractivity contribution in [2.75, 3.05) is 32.7 Å². The molecule has 10 nitrogen and oxygen atoms in total. The van der Waals surface area contributed by atoms with Crippen LogP contribution in [0.15, 0.2) is 53.4 Å². The van der Waals surface area contributed by atoms with Crippen LogP contribution in [0.4, 0.5) is 5.69 Å². The molecule has 3 rings (SSSR count). The molecule has 33 heavy (non-hydrogen) atoms. The van der Waals surface area contributed by atoms with E-state index in [0.717, 1.165) is 12.1 Å². The van der Waals surface area contributed by atoms with E-state index in [2.05, 4.69) is 5.32 Å². The van der Waals surface area contributed by atoms with Gasteiger partial charge in [0.25, 0.3) is 11.6 Å². The van der Waals surface area contributed by atoms with Gasteiger partial charge in [-0.1, -0.05) is 11.6 Å². The molecule has 2 amide bonds. The Balaban J connectivity index is 1.43. The molecule has 1 aliphatic heterocycles. The normalized spacial score (nSPS) is 14.6. The highest BCUT2D eigenvalue weighted by Gasteiger charge is 2.30. The standard InChI is InChI=1S/C21H23ClN4O6S/c22-17-5-3-16(4-6-17)21(28)23-11-1-2-20(27)24-12-14-25(15-13-24)33(31,32)19-9-7-18(8-10-19)26(29)30/h3-10H,1-2,11-15H2,(H,23,28). The lowest BCUT2D eigenvalue weighted by Gasteiger charge is -2.34. The third-order valence-corrected chi connectivity index (χ3v) is 7.40. The molecule has 0 unspecified atom stereocenters. The molecule has 176 valence electrons. The van der Waals surface area contributed by atoms with Crippen LogP contribution >= 0.6 is 11.6 Å². The van der Waals surface area contributed by atoms with Gasteiger partial charge in [-0.3, -0.25) is 19.7 Å². The second-order valence-electron chi connectivity index (χ2n) is 7.40. The number of piperazine rings is 1. The van der Waals surface area contributed by atoms with E-state index >= 15 is 0 Å². The van der Waals surface area contributed by atoms with Crippen LogP contribution in [0.3, 0.4) is 0 Å². The van der Waals surface area contributed by atoms with Crippen molar-refractivity contribution in [3.8, 4) is 0 Å². The van der Waals surface area contributed by atoms with Crippen molar-refractivity contribution in [2.24, 2.45) is 0 Å². The quantitative estimate of drug-likeness (QED) is 0.340. The van der Waals surface area contributed by atoms with E-state index in [4.69, 9.17) is 11.6 Å². The summed E-state index contributed by atoms with van der Waals surface area (Å²) in [6.07, 6.45) is 0.690. The zero-order valence-electron chi connectivity index (χ0n) is 17.6. The Labute approximate surface area is 196 Å². The van der Waals surface area contributed by atoms with Crippen LogP contribution in [0.5, 0.6) is 0 Å². The van der Waals surface area contributed by atoms with Gasteiger partial charge < -0.3 is 10.2 Å². The zero-order valence-corrected chi connectivity index (χ0v) is 19.2. The van der Waals surface area contributed by atoms with Gasteiger partial charge >= 0.3 is 0 Å². The average molecular weight is 495 g/mol. The van der Waals surface area contributed by atoms with Gasteiger partial charge in [0.1, 0.15) is 0 Å². The van der Waals surface area contributed by atoms with E-state index in [0.29, 0.717) is 23.6 Å². The van der Waals surface area contributed by atoms with Gasteiger partial charge in [0.05, 0.1) is 9.82 Å². The molecule has 12 heteroatoms. The van der Waals surface area contributed by atoms with Crippen LogP contribution in [0.25, 0.3) is 0 Å². The fraction of sp³-hybridized carbons (Fsp3) is 0.333. The summed E-state index contributed by atoms with van der Waals surface area (Å²) in [4.78, 5) is 36.2. The Bertz CT molecular complexity index is 1110. The van der Waals surface area contributed by atoms with E-state index in [-0.39, 0.29) is 55.0 Å². The largest absolute Gasteiger partial charge is 0.352 e. The van der Waals surface area contributed by atoms with Crippen LogP contribution < -0.4 is 5.32 Å². The van der Waals surface area contributed by atoms with Gasteiger partial charge in [0.2, 0.25) is 15.9 Å². The van der Waals surface area contributed by atoms with Crippen molar-refractivity contribution in [1.29, 1.82) is 0 Å². The summed E-state index contributed by atoms with van der Waals surface area (Å²) in [5.41, 5.74) is 0.296. The highest BCUT2D eigenvalue weighted by atomic mass is 35.5. The average Bonchev–Trinajstić information content (AvgIpc) is 2.82. The van der Waals surface area contributed by atoms with Crippen LogP contribution in [0.1, 0.15) is 23.2 Å². The summed E-state index contributed by atoms with van der Waals surface area (Å²) < 4.78 is 26.8. The van der Waals surface area contributed by atoms with Crippen molar-refractivity contribution in [3.05, 3.63) is 69.2 Å². The molecule has 2 aromatic carbocycles. The van der Waals surface area contributed by atoms with Crippen molar-refractivity contribution in [3.63, 3.8) is 0 Å². The van der Waals surface area contributed by atoms with Gasteiger partial charge in [0, 0.05) is 61.9 Å². The van der Waals surface area contributed by atoms with Gasteiger partial charge in [-0.2, -0.15) is 4.31 Å². The molecule has 0 radical (unpaired) electrons. The minimum Gasteiger partial charge on any atom is -0.352 e. The van der Waals surface area contributed by atoms with E-state index < -0.39 is 14.9 Å². The maximum Gasteiger partial charge on any atom is 0.269 e. The predicted octanol–water partition coefficient (Wildman–Crippen LogP) is 2.29. The molecule has 1 aliphatic rings. The topological polar surface area (TPSA) is 130 Å². The molecule has 0 aliphatic carbocycles. The molecule has 1 heterocycles. The summed E-state index contributed by atoms with van der Waals surface area (Å²) in [6, 6.07) is 11.2. The smallest absolute Gasteiger partial charge is 0.269 e. The number of non-ortho nitro benzene ring substituents is 1. The fourth-order valence-electron chi connectivity index (χ4n) is 3.37. The number of carbonyl (C=O) groups is 2. The lowest BCUT2D eigenvalue weighted by molar-refractivity contribution is -0.384. The lowest BCUT2D eigenvalue weighted by atomic mass is 10.2. The van der Waals surface area contributed by atoms with Crippen molar-refractivity contribution in [1.82, 2.24) is 14.5 Å². The highest BCUT2D eigenvalue weighted by Crippen LogP contribution is 2.21. The molecule has 0 aromatic heterocycles. The number of sulfonamides is 1. The number of halogens is 1. The summed E-state index contributed by atoms with van der Waals surface area (Å²) in [5, 5.41) is 14.0. The number of nitrogens with zero attached hydrogens (tertiary/aromatic N) is 3. The molecule has 0 atom stereocenters. The number of carbonyl (C=O) groups excluding carboxylic acids is 2. The van der Waals surface area contributed by atoms with Crippen LogP contribution in [0.2, 0.25) is 5.02 Å². The number of nitro benzene ring substituents is 1. The first-order valence-electron chi connectivity index (χ1n) is 10.2. The summed E-state index contributed by atoms with van der Waals surface area (Å²) in [5.74, 6) is -0.354. The van der Waals surface area contributed by atoms with Crippen molar-refractivity contribution >= 4 is 39.1 Å². The Kier molecular flexibility index (Phi) is 8.01. The number of benzene rings is 2. The maximum atomic E-state index is 12.8. The number of nitrogens with one attached hydrogen (secondary N) is 1. The number of amides is 2. The van der Waals surface area contributed by atoms with E-state index in [9.17, 15) is 28.1 Å². The first-order valence-corrected chi connectivity index (χ1v) is 12.1. The second-order valence-corrected chi connectivity index (χ2v) is 9.78. The molecule has 1 saturated heterocycles. The Morgan fingerprint density at radius 3 is 2.18 bits per heavy atom. The second kappa shape index (κ2) is 10.7. The molecule has 0 saturated carbocycles. The number of rotatable bonds is 8. The predicted molar refractivity (Wildman–Crippen MR) is 121 cm³/mol. The molecular formula is C21H23ClN4O6S. The number of hydrogen-bond acceptors (Lipinski definition) is 6. The number of nitro groups is 1. The van der Waals surface area contributed by atoms with E-state index in [1.54, 1.807) is 29.2 Å². The van der Waals surface area contributed by atoms with E-state index in [1.807, 2.05) is 0 Å². The summed E-state index contributed by atoms with van der Waals surface area (Å²) in [6.45, 7) is 1.11. The van der Waals surface area contributed by atoms with Crippen molar-refractivity contribution in [2.45, 2.75) is 17.7 Å². The molecule has 2 aromatic rings. The number of hydrogen-bond donors (Lipinski definition) is 1. The third kappa shape index (κ3) is 6.28. The molecular weight excluding hydrogens is 472 g/mol. The Morgan fingerprint density at radius 1 is 1.00 bits per heavy atom. The first kappa shape index (κ1) is 24.6. The van der Waals surface area contributed by atoms with Crippen LogP contribution in [0, 0.1) is 10.1 Å². The van der Waals surface area contributed by atoms with Gasteiger partial charge in [-0.15, -0.1) is 0 Å². The third-order valence-electron chi connectivity index (χ3n) is 5.24. The Morgan fingerprint density at radius 2 is 1.61 bits per heavy atom. The SMILES string of the molecule is O=C(NCCCC(=O)N1CCN(S(=O)(=O)c2ccc([N+](=O)[O-])cc2)CC1)c1ccc(Cl)cc1. The molecule has 1 N–H and O–H groups in total. The molecule has 0 spiro atoms. The monoisotopic (exact) mass is 494 g/mol. The molecule has 1 fully saturated rings. The Hall–Kier alpha value is -3.02. The van der Waals surface area contributed by atoms with Crippen molar-refractivity contribution < 1.29 is 22.9 Å². The molecule has 0 bridgehead atoms. The van der Waals surface area contributed by atoms with Gasteiger partial charge in [-0.25, -0.2) is 8.42 Å². The summed E-state index contributed by atoms with van der Waals surface area (Å²) in [7, 11) is -3.80. The minimum atomic E-state index is -3.80. The summed E-state index contributed by atoms with van der Waals surface area (Å²) >= 11 is 5.80. The first-order chi connectivity index (χ1) is 15.7. The zero-order chi connectivity index (χ0) is 24.0. The van der Waals surface area contributed by atoms with Gasteiger partial charge in [0.15, 0.2) is 0 Å². The highest BCUT2D eigenvalue weighted by molar-refractivity contribution is 7.89. The van der Waals surface area contributed by atoms with E-state index in [1.165, 1.54) is 16.4 Å². The van der Waals surface area contributed by atoms with Crippen LogP contribution in [-0.2, 0) is 14.8 Å². The fourth-order valence-corrected chi connectivity index (χ4v) is 4.92. The maximum absolute atomic E-state index is 12.8. The lowest BCUT2D eigenvalue weighted by Crippen LogP contribution is -2.50. The van der Waals surface area contributed by atoms with Gasteiger partial charge in [-0.05, 0) is 42.8 Å². The minimum absolute atomic E-state index is 0.0238.